The van der Waals surface area contributed by atoms with Gasteiger partial charge in [-0.05, 0) is 37.0 Å². The maximum Gasteiger partial charge on any atom is 0.338 e. The average molecular weight is 467 g/mol. The van der Waals surface area contributed by atoms with Crippen molar-refractivity contribution < 1.29 is 19.2 Å². The second-order valence-corrected chi connectivity index (χ2v) is 8.08. The highest BCUT2D eigenvalue weighted by Gasteiger charge is 2.25. The monoisotopic (exact) mass is 466 g/mol. The van der Waals surface area contributed by atoms with E-state index in [0.29, 0.717) is 29.7 Å². The molecule has 11 heteroatoms. The largest absolute Gasteiger partial charge is 0.452 e. The fraction of sp³-hybridized carbons (Fsp3) is 0.350. The molecule has 1 amide bonds. The standard InChI is InChI=1S/C20H20Cl2N4O5/c1-12-4-6-25(7-5-12)16-3-2-13(8-17(16)26(29)30)20(28)31-11-18(27)24-19-15(22)9-14(21)10-23-19/h2-3,8-10,12H,4-7,11H2,1H3,(H,23,24,27). The van der Waals surface area contributed by atoms with E-state index in [1.54, 1.807) is 6.07 Å². The number of nitro groups is 1. The van der Waals surface area contributed by atoms with Crippen LogP contribution in [0.15, 0.2) is 30.5 Å². The van der Waals surface area contributed by atoms with Crippen LogP contribution < -0.4 is 10.2 Å². The van der Waals surface area contributed by atoms with Crippen LogP contribution in [-0.2, 0) is 9.53 Å². The lowest BCUT2D eigenvalue weighted by Crippen LogP contribution is -2.33. The lowest BCUT2D eigenvalue weighted by atomic mass is 9.98. The first-order valence-corrected chi connectivity index (χ1v) is 10.3. The number of esters is 1. The number of pyridine rings is 1. The predicted molar refractivity (Wildman–Crippen MR) is 117 cm³/mol. The van der Waals surface area contributed by atoms with E-state index in [1.807, 2.05) is 4.90 Å². The molecule has 1 aliphatic rings. The number of benzene rings is 1. The van der Waals surface area contributed by atoms with Gasteiger partial charge in [-0.3, -0.25) is 14.9 Å². The van der Waals surface area contributed by atoms with Crippen LogP contribution in [0.1, 0.15) is 30.1 Å². The van der Waals surface area contributed by atoms with Gasteiger partial charge in [-0.2, -0.15) is 0 Å². The smallest absolute Gasteiger partial charge is 0.338 e. The van der Waals surface area contributed by atoms with Crippen molar-refractivity contribution in [3.05, 3.63) is 56.2 Å². The first-order chi connectivity index (χ1) is 14.7. The topological polar surface area (TPSA) is 115 Å². The fourth-order valence-electron chi connectivity index (χ4n) is 3.20. The van der Waals surface area contributed by atoms with E-state index in [-0.39, 0.29) is 22.1 Å². The third-order valence-electron chi connectivity index (χ3n) is 4.93. The van der Waals surface area contributed by atoms with Crippen molar-refractivity contribution in [2.24, 2.45) is 5.92 Å². The summed E-state index contributed by atoms with van der Waals surface area (Å²) in [4.78, 5) is 41.2. The number of rotatable bonds is 6. The Morgan fingerprint density at radius 2 is 2.00 bits per heavy atom. The molecule has 0 radical (unpaired) electrons. The zero-order valence-corrected chi connectivity index (χ0v) is 18.2. The van der Waals surface area contributed by atoms with Crippen molar-refractivity contribution in [1.29, 1.82) is 0 Å². The van der Waals surface area contributed by atoms with Crippen molar-refractivity contribution in [2.75, 3.05) is 29.9 Å². The summed E-state index contributed by atoms with van der Waals surface area (Å²) in [5, 5.41) is 14.4. The van der Waals surface area contributed by atoms with Crippen LogP contribution >= 0.6 is 23.2 Å². The van der Waals surface area contributed by atoms with Gasteiger partial charge < -0.3 is 15.0 Å². The van der Waals surface area contributed by atoms with E-state index in [2.05, 4.69) is 17.2 Å². The summed E-state index contributed by atoms with van der Waals surface area (Å²) in [6.45, 7) is 2.97. The number of anilines is 2. The Morgan fingerprint density at radius 3 is 2.65 bits per heavy atom. The van der Waals surface area contributed by atoms with Gasteiger partial charge >= 0.3 is 5.97 Å². The van der Waals surface area contributed by atoms with E-state index in [0.717, 1.165) is 12.8 Å². The molecule has 1 aromatic carbocycles. The third kappa shape index (κ3) is 5.83. The Balaban J connectivity index is 1.65. The van der Waals surface area contributed by atoms with Gasteiger partial charge in [0.15, 0.2) is 12.4 Å². The number of amides is 1. The van der Waals surface area contributed by atoms with Gasteiger partial charge in [0.25, 0.3) is 11.6 Å². The molecule has 31 heavy (non-hydrogen) atoms. The highest BCUT2D eigenvalue weighted by atomic mass is 35.5. The van der Waals surface area contributed by atoms with E-state index < -0.39 is 23.4 Å². The minimum absolute atomic E-state index is 0.0173. The number of hydrogen-bond acceptors (Lipinski definition) is 7. The van der Waals surface area contributed by atoms with Gasteiger partial charge in [0.1, 0.15) is 5.69 Å². The van der Waals surface area contributed by atoms with Crippen LogP contribution in [0.4, 0.5) is 17.2 Å². The maximum absolute atomic E-state index is 12.3. The number of carbonyl (C=O) groups is 2. The number of carbonyl (C=O) groups excluding carboxylic acids is 2. The Hall–Kier alpha value is -2.91. The predicted octanol–water partition coefficient (Wildman–Crippen LogP) is 4.33. The lowest BCUT2D eigenvalue weighted by molar-refractivity contribution is -0.384. The third-order valence-corrected chi connectivity index (χ3v) is 5.43. The van der Waals surface area contributed by atoms with Crippen molar-refractivity contribution in [2.45, 2.75) is 19.8 Å². The summed E-state index contributed by atoms with van der Waals surface area (Å²) in [7, 11) is 0. The highest BCUT2D eigenvalue weighted by Crippen LogP contribution is 2.32. The second kappa shape index (κ2) is 9.93. The molecule has 1 aromatic heterocycles. The SMILES string of the molecule is CC1CCN(c2ccc(C(=O)OCC(=O)Nc3ncc(Cl)cc3Cl)cc2[N+](=O)[O-])CC1. The van der Waals surface area contributed by atoms with E-state index >= 15 is 0 Å². The van der Waals surface area contributed by atoms with Crippen molar-refractivity contribution in [1.82, 2.24) is 4.98 Å². The van der Waals surface area contributed by atoms with Crippen LogP contribution in [-0.4, -0.2) is 41.5 Å². The molecule has 0 bridgehead atoms. The molecule has 0 spiro atoms. The zero-order valence-electron chi connectivity index (χ0n) is 16.6. The summed E-state index contributed by atoms with van der Waals surface area (Å²) < 4.78 is 4.98. The fourth-order valence-corrected chi connectivity index (χ4v) is 3.63. The van der Waals surface area contributed by atoms with Crippen molar-refractivity contribution in [3.63, 3.8) is 0 Å². The summed E-state index contributed by atoms with van der Waals surface area (Å²) in [6, 6.07) is 5.58. The number of halogens is 2. The van der Waals surface area contributed by atoms with Gasteiger partial charge in [-0.1, -0.05) is 30.1 Å². The number of nitrogens with one attached hydrogen (secondary N) is 1. The highest BCUT2D eigenvalue weighted by molar-refractivity contribution is 6.36. The molecular formula is C20H20Cl2N4O5. The number of ether oxygens (including phenoxy) is 1. The maximum atomic E-state index is 12.3. The summed E-state index contributed by atoms with van der Waals surface area (Å²) in [5.41, 5.74) is 0.275. The van der Waals surface area contributed by atoms with Gasteiger partial charge in [-0.25, -0.2) is 9.78 Å². The number of piperidine rings is 1. The molecule has 3 rings (SSSR count). The molecule has 0 atom stereocenters. The molecular weight excluding hydrogens is 447 g/mol. The van der Waals surface area contributed by atoms with Gasteiger partial charge in [0, 0.05) is 25.4 Å². The van der Waals surface area contributed by atoms with E-state index in [1.165, 1.54) is 24.4 Å². The molecule has 1 aliphatic heterocycles. The minimum Gasteiger partial charge on any atom is -0.452 e. The molecule has 164 valence electrons. The Labute approximate surface area is 188 Å². The number of aromatic nitrogens is 1. The van der Waals surface area contributed by atoms with Crippen LogP contribution in [0.2, 0.25) is 10.0 Å². The first-order valence-electron chi connectivity index (χ1n) is 9.56. The van der Waals surface area contributed by atoms with Crippen molar-refractivity contribution in [3.8, 4) is 0 Å². The van der Waals surface area contributed by atoms with E-state index in [4.69, 9.17) is 27.9 Å². The van der Waals surface area contributed by atoms with Crippen LogP contribution in [0, 0.1) is 16.0 Å². The van der Waals surface area contributed by atoms with Gasteiger partial charge in [0.2, 0.25) is 0 Å². The van der Waals surface area contributed by atoms with Crippen LogP contribution in [0.25, 0.3) is 0 Å². The Kier molecular flexibility index (Phi) is 7.29. The minimum atomic E-state index is -0.854. The molecule has 2 heterocycles. The summed E-state index contributed by atoms with van der Waals surface area (Å²) in [5.74, 6) is -0.873. The molecule has 1 fully saturated rings. The Bertz CT molecular complexity index is 1010. The molecule has 9 nitrogen and oxygen atoms in total. The number of hydrogen-bond donors (Lipinski definition) is 1. The molecule has 1 N–H and O–H groups in total. The van der Waals surface area contributed by atoms with Gasteiger partial charge in [0.05, 0.1) is 20.5 Å². The summed E-state index contributed by atoms with van der Waals surface area (Å²) in [6.07, 6.45) is 3.20. The van der Waals surface area contributed by atoms with Crippen molar-refractivity contribution >= 4 is 52.3 Å². The lowest BCUT2D eigenvalue weighted by Gasteiger charge is -2.31. The summed E-state index contributed by atoms with van der Waals surface area (Å²) >= 11 is 11.7. The molecule has 1 saturated heterocycles. The number of nitro benzene ring substituents is 1. The van der Waals surface area contributed by atoms with Crippen LogP contribution in [0.3, 0.4) is 0 Å². The first kappa shape index (κ1) is 22.8. The molecule has 0 unspecified atom stereocenters. The molecule has 0 aliphatic carbocycles. The molecule has 2 aromatic rings. The van der Waals surface area contributed by atoms with Crippen LogP contribution in [0.5, 0.6) is 0 Å². The zero-order chi connectivity index (χ0) is 22.5. The Morgan fingerprint density at radius 1 is 1.29 bits per heavy atom. The quantitative estimate of drug-likeness (QED) is 0.382. The van der Waals surface area contributed by atoms with Gasteiger partial charge in [-0.15, -0.1) is 0 Å². The van der Waals surface area contributed by atoms with E-state index in [9.17, 15) is 19.7 Å². The average Bonchev–Trinajstić information content (AvgIpc) is 2.74. The second-order valence-electron chi connectivity index (χ2n) is 7.24. The molecule has 0 saturated carbocycles. The normalized spacial score (nSPS) is 14.2. The number of nitrogens with zero attached hydrogens (tertiary/aromatic N) is 3.